The SMILES string of the molecule is Cc1ccc([C@@H](N[C@@H]2CCNC2=O)c2cccc(S(C)(=O)=O)c2)cc1. The first-order valence-corrected chi connectivity index (χ1v) is 10.1. The van der Waals surface area contributed by atoms with Gasteiger partial charge in [0.2, 0.25) is 5.91 Å². The molecule has 1 aliphatic heterocycles. The summed E-state index contributed by atoms with van der Waals surface area (Å²) in [5, 5.41) is 6.21. The zero-order chi connectivity index (χ0) is 18.0. The second kappa shape index (κ2) is 6.98. The van der Waals surface area contributed by atoms with Crippen molar-refractivity contribution in [1.29, 1.82) is 0 Å². The summed E-state index contributed by atoms with van der Waals surface area (Å²) >= 11 is 0. The van der Waals surface area contributed by atoms with E-state index in [2.05, 4.69) is 10.6 Å². The predicted octanol–water partition coefficient (Wildman–Crippen LogP) is 1.97. The van der Waals surface area contributed by atoms with Crippen LogP contribution in [0.25, 0.3) is 0 Å². The fourth-order valence-electron chi connectivity index (χ4n) is 3.02. The lowest BCUT2D eigenvalue weighted by Crippen LogP contribution is -2.39. The van der Waals surface area contributed by atoms with Gasteiger partial charge in [-0.05, 0) is 36.6 Å². The van der Waals surface area contributed by atoms with Crippen LogP contribution in [0.1, 0.15) is 29.2 Å². The molecule has 1 fully saturated rings. The topological polar surface area (TPSA) is 75.3 Å². The van der Waals surface area contributed by atoms with Gasteiger partial charge in [-0.15, -0.1) is 0 Å². The summed E-state index contributed by atoms with van der Waals surface area (Å²) in [6.45, 7) is 2.67. The van der Waals surface area contributed by atoms with Crippen LogP contribution in [-0.2, 0) is 14.6 Å². The van der Waals surface area contributed by atoms with Crippen molar-refractivity contribution in [1.82, 2.24) is 10.6 Å². The Bertz CT molecular complexity index is 876. The van der Waals surface area contributed by atoms with E-state index in [1.807, 2.05) is 37.3 Å². The average Bonchev–Trinajstić information content (AvgIpc) is 2.98. The van der Waals surface area contributed by atoms with Crippen LogP contribution in [0.5, 0.6) is 0 Å². The van der Waals surface area contributed by atoms with Gasteiger partial charge in [-0.3, -0.25) is 10.1 Å². The molecule has 0 bridgehead atoms. The maximum atomic E-state index is 12.0. The van der Waals surface area contributed by atoms with Crippen molar-refractivity contribution in [2.45, 2.75) is 30.3 Å². The van der Waals surface area contributed by atoms with E-state index < -0.39 is 9.84 Å². The Balaban J connectivity index is 2.01. The molecule has 6 heteroatoms. The number of amides is 1. The Morgan fingerprint density at radius 1 is 1.12 bits per heavy atom. The third-order valence-corrected chi connectivity index (χ3v) is 5.56. The molecule has 0 unspecified atom stereocenters. The second-order valence-electron chi connectivity index (χ2n) is 6.49. The molecule has 2 aromatic carbocycles. The summed E-state index contributed by atoms with van der Waals surface area (Å²) in [6.07, 6.45) is 1.91. The lowest BCUT2D eigenvalue weighted by atomic mass is 9.96. The molecular formula is C19H22N2O3S. The first kappa shape index (κ1) is 17.6. The number of rotatable bonds is 5. The van der Waals surface area contributed by atoms with E-state index in [0.717, 1.165) is 16.7 Å². The Hall–Kier alpha value is -2.18. The lowest BCUT2D eigenvalue weighted by molar-refractivity contribution is -0.121. The fraction of sp³-hybridized carbons (Fsp3) is 0.316. The molecule has 132 valence electrons. The van der Waals surface area contributed by atoms with Crippen LogP contribution >= 0.6 is 0 Å². The van der Waals surface area contributed by atoms with Crippen molar-refractivity contribution in [3.63, 3.8) is 0 Å². The molecule has 3 rings (SSSR count). The zero-order valence-corrected chi connectivity index (χ0v) is 15.1. The molecule has 0 saturated carbocycles. The van der Waals surface area contributed by atoms with Gasteiger partial charge in [0, 0.05) is 12.8 Å². The minimum absolute atomic E-state index is 0.0172. The molecule has 0 radical (unpaired) electrons. The highest BCUT2D eigenvalue weighted by atomic mass is 32.2. The highest BCUT2D eigenvalue weighted by Gasteiger charge is 2.28. The van der Waals surface area contributed by atoms with Gasteiger partial charge in [0.05, 0.1) is 17.0 Å². The average molecular weight is 358 g/mol. The summed E-state index contributed by atoms with van der Waals surface area (Å²) in [6, 6.07) is 14.4. The van der Waals surface area contributed by atoms with E-state index >= 15 is 0 Å². The van der Waals surface area contributed by atoms with Gasteiger partial charge in [0.25, 0.3) is 0 Å². The van der Waals surface area contributed by atoms with Gasteiger partial charge in [-0.2, -0.15) is 0 Å². The third kappa shape index (κ3) is 4.08. The first-order chi connectivity index (χ1) is 11.8. The van der Waals surface area contributed by atoms with E-state index in [1.165, 1.54) is 6.26 Å². The van der Waals surface area contributed by atoms with Crippen LogP contribution in [0.2, 0.25) is 0 Å². The number of benzene rings is 2. The van der Waals surface area contributed by atoms with E-state index in [0.29, 0.717) is 13.0 Å². The van der Waals surface area contributed by atoms with Crippen LogP contribution in [0, 0.1) is 6.92 Å². The highest BCUT2D eigenvalue weighted by molar-refractivity contribution is 7.90. The quantitative estimate of drug-likeness (QED) is 0.857. The summed E-state index contributed by atoms with van der Waals surface area (Å²) in [4.78, 5) is 12.3. The van der Waals surface area contributed by atoms with Crippen LogP contribution in [0.4, 0.5) is 0 Å². The molecule has 1 saturated heterocycles. The second-order valence-corrected chi connectivity index (χ2v) is 8.50. The molecule has 1 aliphatic rings. The van der Waals surface area contributed by atoms with E-state index in [1.54, 1.807) is 18.2 Å². The van der Waals surface area contributed by atoms with E-state index in [4.69, 9.17) is 0 Å². The number of carbonyl (C=O) groups is 1. The summed E-state index contributed by atoms with van der Waals surface area (Å²) < 4.78 is 23.8. The van der Waals surface area contributed by atoms with Crippen molar-refractivity contribution in [3.05, 3.63) is 65.2 Å². The molecule has 2 aromatic rings. The summed E-state index contributed by atoms with van der Waals surface area (Å²) in [5.74, 6) is -0.0172. The highest BCUT2D eigenvalue weighted by Crippen LogP contribution is 2.26. The first-order valence-electron chi connectivity index (χ1n) is 8.25. The molecule has 1 amide bonds. The van der Waals surface area contributed by atoms with Gasteiger partial charge >= 0.3 is 0 Å². The van der Waals surface area contributed by atoms with Crippen LogP contribution in [-0.4, -0.2) is 33.2 Å². The Morgan fingerprint density at radius 2 is 1.84 bits per heavy atom. The van der Waals surface area contributed by atoms with Gasteiger partial charge in [-0.1, -0.05) is 42.0 Å². The van der Waals surface area contributed by atoms with Gasteiger partial charge in [-0.25, -0.2) is 8.42 Å². The molecule has 5 nitrogen and oxygen atoms in total. The predicted molar refractivity (Wildman–Crippen MR) is 97.1 cm³/mol. The minimum Gasteiger partial charge on any atom is -0.355 e. The number of sulfone groups is 1. The molecule has 25 heavy (non-hydrogen) atoms. The van der Waals surface area contributed by atoms with Crippen molar-refractivity contribution in [3.8, 4) is 0 Å². The van der Waals surface area contributed by atoms with Crippen LogP contribution < -0.4 is 10.6 Å². The lowest BCUT2D eigenvalue weighted by Gasteiger charge is -2.23. The zero-order valence-electron chi connectivity index (χ0n) is 14.3. The fourth-order valence-corrected chi connectivity index (χ4v) is 3.70. The normalized spacial score (nSPS) is 18.8. The number of hydrogen-bond acceptors (Lipinski definition) is 4. The number of nitrogens with one attached hydrogen (secondary N) is 2. The monoisotopic (exact) mass is 358 g/mol. The maximum absolute atomic E-state index is 12.0. The Labute approximate surface area is 148 Å². The Morgan fingerprint density at radius 3 is 2.44 bits per heavy atom. The molecular weight excluding hydrogens is 336 g/mol. The van der Waals surface area contributed by atoms with Gasteiger partial charge < -0.3 is 5.32 Å². The Kier molecular flexibility index (Phi) is 4.92. The molecule has 2 atom stereocenters. The van der Waals surface area contributed by atoms with Crippen molar-refractivity contribution >= 4 is 15.7 Å². The molecule has 0 aliphatic carbocycles. The van der Waals surface area contributed by atoms with Crippen LogP contribution in [0.15, 0.2) is 53.4 Å². The molecule has 0 spiro atoms. The number of aryl methyl sites for hydroxylation is 1. The van der Waals surface area contributed by atoms with Crippen LogP contribution in [0.3, 0.4) is 0 Å². The summed E-state index contributed by atoms with van der Waals surface area (Å²) in [5.41, 5.74) is 2.97. The maximum Gasteiger partial charge on any atom is 0.237 e. The van der Waals surface area contributed by atoms with Crippen molar-refractivity contribution in [2.75, 3.05) is 12.8 Å². The molecule has 0 aromatic heterocycles. The molecule has 2 N–H and O–H groups in total. The molecule has 1 heterocycles. The minimum atomic E-state index is -3.29. The van der Waals surface area contributed by atoms with Gasteiger partial charge in [0.15, 0.2) is 9.84 Å². The summed E-state index contributed by atoms with van der Waals surface area (Å²) in [7, 11) is -3.29. The largest absolute Gasteiger partial charge is 0.355 e. The number of carbonyl (C=O) groups excluding carboxylic acids is 1. The number of hydrogen-bond donors (Lipinski definition) is 2. The smallest absolute Gasteiger partial charge is 0.237 e. The third-order valence-electron chi connectivity index (χ3n) is 4.45. The standard InChI is InChI=1S/C19H22N2O3S/c1-13-6-8-14(9-7-13)18(21-17-10-11-20-19(17)22)15-4-3-5-16(12-15)25(2,23)24/h3-9,12,17-18,21H,10-11H2,1-2H3,(H,20,22)/t17-,18-/m1/s1. The van der Waals surface area contributed by atoms with E-state index in [9.17, 15) is 13.2 Å². The van der Waals surface area contributed by atoms with Crippen molar-refractivity contribution < 1.29 is 13.2 Å². The van der Waals surface area contributed by atoms with E-state index in [-0.39, 0.29) is 22.9 Å². The van der Waals surface area contributed by atoms with Crippen molar-refractivity contribution in [2.24, 2.45) is 0 Å². The van der Waals surface area contributed by atoms with Gasteiger partial charge in [0.1, 0.15) is 0 Å².